The molecule has 0 aromatic heterocycles. The first kappa shape index (κ1) is 19.6. The van der Waals surface area contributed by atoms with Crippen LogP contribution in [-0.2, 0) is 4.79 Å². The third kappa shape index (κ3) is 3.91. The van der Waals surface area contributed by atoms with E-state index in [1.54, 1.807) is 55.6 Å². The van der Waals surface area contributed by atoms with Crippen LogP contribution in [0, 0.1) is 0 Å². The summed E-state index contributed by atoms with van der Waals surface area (Å²) in [5, 5.41) is 0. The van der Waals surface area contributed by atoms with Gasteiger partial charge in [-0.25, -0.2) is 0 Å². The van der Waals surface area contributed by atoms with Gasteiger partial charge in [-0.05, 0) is 42.8 Å². The summed E-state index contributed by atoms with van der Waals surface area (Å²) >= 11 is 0. The fourth-order valence-electron chi connectivity index (χ4n) is 3.24. The molecule has 146 valence electrons. The van der Waals surface area contributed by atoms with Gasteiger partial charge in [-0.1, -0.05) is 31.9 Å². The average Bonchev–Trinajstić information content (AvgIpc) is 2.97. The van der Waals surface area contributed by atoms with E-state index in [9.17, 15) is 14.4 Å². The Kier molecular flexibility index (Phi) is 6.09. The molecule has 6 heteroatoms. The number of imide groups is 1. The second-order valence-corrected chi connectivity index (χ2v) is 6.70. The SMILES string of the molecule is CCCCCC(=O)N(CN1C(=O)c2ccccc2C1=O)c1ccc(OC)cc1. The topological polar surface area (TPSA) is 66.9 Å². The van der Waals surface area contributed by atoms with Crippen LogP contribution in [0.4, 0.5) is 5.69 Å². The highest BCUT2D eigenvalue weighted by Crippen LogP contribution is 2.26. The number of amides is 3. The van der Waals surface area contributed by atoms with Crippen LogP contribution < -0.4 is 9.64 Å². The zero-order valence-corrected chi connectivity index (χ0v) is 16.2. The molecule has 28 heavy (non-hydrogen) atoms. The first-order valence-corrected chi connectivity index (χ1v) is 9.46. The number of methoxy groups -OCH3 is 1. The van der Waals surface area contributed by atoms with Crippen LogP contribution in [0.2, 0.25) is 0 Å². The summed E-state index contributed by atoms with van der Waals surface area (Å²) in [5.74, 6) is -0.195. The number of fused-ring (bicyclic) bond motifs is 1. The van der Waals surface area contributed by atoms with E-state index >= 15 is 0 Å². The van der Waals surface area contributed by atoms with Gasteiger partial charge in [-0.3, -0.25) is 24.2 Å². The standard InChI is InChI=1S/C22H24N2O4/c1-3-4-5-10-20(25)23(16-11-13-17(28-2)14-12-16)15-24-21(26)18-8-6-7-9-19(18)22(24)27/h6-9,11-14H,3-5,10,15H2,1-2H3. The molecule has 0 saturated heterocycles. The number of nitrogens with zero attached hydrogens (tertiary/aromatic N) is 2. The number of unbranched alkanes of at least 4 members (excludes halogenated alkanes) is 2. The lowest BCUT2D eigenvalue weighted by Crippen LogP contribution is -2.44. The number of carbonyl (C=O) groups excluding carboxylic acids is 3. The Labute approximate surface area is 164 Å². The van der Waals surface area contributed by atoms with Crippen molar-refractivity contribution in [3.8, 4) is 5.75 Å². The molecule has 1 aliphatic rings. The molecule has 6 nitrogen and oxygen atoms in total. The lowest BCUT2D eigenvalue weighted by molar-refractivity contribution is -0.119. The second-order valence-electron chi connectivity index (χ2n) is 6.70. The zero-order valence-electron chi connectivity index (χ0n) is 16.2. The van der Waals surface area contributed by atoms with Crippen LogP contribution >= 0.6 is 0 Å². The lowest BCUT2D eigenvalue weighted by Gasteiger charge is -2.27. The summed E-state index contributed by atoms with van der Waals surface area (Å²) in [6.45, 7) is 1.97. The molecule has 3 rings (SSSR count). The Morgan fingerprint density at radius 2 is 1.57 bits per heavy atom. The number of ether oxygens (including phenoxy) is 1. The Balaban J connectivity index is 1.85. The Bertz CT molecular complexity index is 841. The Morgan fingerprint density at radius 1 is 0.964 bits per heavy atom. The van der Waals surface area contributed by atoms with Gasteiger partial charge in [0.1, 0.15) is 12.4 Å². The van der Waals surface area contributed by atoms with Crippen molar-refractivity contribution in [2.24, 2.45) is 0 Å². The predicted molar refractivity (Wildman–Crippen MR) is 106 cm³/mol. The van der Waals surface area contributed by atoms with E-state index in [0.29, 0.717) is 29.0 Å². The second kappa shape index (κ2) is 8.69. The number of anilines is 1. The van der Waals surface area contributed by atoms with Crippen molar-refractivity contribution in [3.05, 3.63) is 59.7 Å². The molecule has 1 heterocycles. The number of hydrogen-bond acceptors (Lipinski definition) is 4. The van der Waals surface area contributed by atoms with E-state index in [4.69, 9.17) is 4.74 Å². The van der Waals surface area contributed by atoms with Crippen molar-refractivity contribution in [2.45, 2.75) is 32.6 Å². The van der Waals surface area contributed by atoms with Crippen LogP contribution in [-0.4, -0.2) is 36.4 Å². The molecule has 2 aromatic rings. The Morgan fingerprint density at radius 3 is 2.11 bits per heavy atom. The number of carbonyl (C=O) groups is 3. The molecule has 0 unspecified atom stereocenters. The van der Waals surface area contributed by atoms with Gasteiger partial charge in [0.2, 0.25) is 5.91 Å². The summed E-state index contributed by atoms with van der Waals surface area (Å²) < 4.78 is 5.18. The lowest BCUT2D eigenvalue weighted by atomic mass is 10.1. The monoisotopic (exact) mass is 380 g/mol. The van der Waals surface area contributed by atoms with Gasteiger partial charge in [0.05, 0.1) is 18.2 Å². The van der Waals surface area contributed by atoms with Gasteiger partial charge < -0.3 is 4.74 Å². The molecule has 0 fully saturated rings. The van der Waals surface area contributed by atoms with Gasteiger partial charge >= 0.3 is 0 Å². The van der Waals surface area contributed by atoms with E-state index in [1.807, 2.05) is 0 Å². The van der Waals surface area contributed by atoms with Gasteiger partial charge in [0.25, 0.3) is 11.8 Å². The summed E-state index contributed by atoms with van der Waals surface area (Å²) in [4.78, 5) is 40.9. The molecule has 0 aliphatic carbocycles. The normalized spacial score (nSPS) is 12.9. The number of benzene rings is 2. The van der Waals surface area contributed by atoms with Crippen LogP contribution in [0.1, 0.15) is 53.3 Å². The molecular weight excluding hydrogens is 356 g/mol. The minimum Gasteiger partial charge on any atom is -0.497 e. The zero-order chi connectivity index (χ0) is 20.1. The maximum absolute atomic E-state index is 12.9. The fraction of sp³-hybridized carbons (Fsp3) is 0.318. The molecule has 0 atom stereocenters. The van der Waals surface area contributed by atoms with Gasteiger partial charge in [-0.15, -0.1) is 0 Å². The van der Waals surface area contributed by atoms with E-state index < -0.39 is 0 Å². The van der Waals surface area contributed by atoms with Crippen molar-refractivity contribution in [1.82, 2.24) is 4.90 Å². The van der Waals surface area contributed by atoms with Crippen LogP contribution in [0.25, 0.3) is 0 Å². The predicted octanol–water partition coefficient (Wildman–Crippen LogP) is 3.86. The minimum atomic E-state index is -0.375. The quantitative estimate of drug-likeness (QED) is 0.515. The molecule has 0 N–H and O–H groups in total. The van der Waals surface area contributed by atoms with E-state index in [1.165, 1.54) is 4.90 Å². The summed E-state index contributed by atoms with van der Waals surface area (Å²) in [5.41, 5.74) is 1.38. The van der Waals surface area contributed by atoms with Crippen molar-refractivity contribution in [2.75, 3.05) is 18.7 Å². The summed E-state index contributed by atoms with van der Waals surface area (Å²) in [7, 11) is 1.57. The molecule has 0 bridgehead atoms. The molecule has 0 spiro atoms. The fourth-order valence-corrected chi connectivity index (χ4v) is 3.24. The first-order chi connectivity index (χ1) is 13.6. The number of rotatable bonds is 8. The van der Waals surface area contributed by atoms with Gasteiger partial charge in [0.15, 0.2) is 0 Å². The Hall–Kier alpha value is -3.15. The number of hydrogen-bond donors (Lipinski definition) is 0. The molecule has 3 amide bonds. The van der Waals surface area contributed by atoms with E-state index in [-0.39, 0.29) is 24.4 Å². The van der Waals surface area contributed by atoms with Crippen LogP contribution in [0.3, 0.4) is 0 Å². The highest BCUT2D eigenvalue weighted by atomic mass is 16.5. The van der Waals surface area contributed by atoms with Crippen LogP contribution in [0.15, 0.2) is 48.5 Å². The maximum Gasteiger partial charge on any atom is 0.263 e. The summed E-state index contributed by atoms with van der Waals surface area (Å²) in [6, 6.07) is 13.7. The van der Waals surface area contributed by atoms with E-state index in [2.05, 4.69) is 6.92 Å². The third-order valence-corrected chi connectivity index (χ3v) is 4.84. The smallest absolute Gasteiger partial charge is 0.263 e. The highest BCUT2D eigenvalue weighted by molar-refractivity contribution is 6.21. The summed E-state index contributed by atoms with van der Waals surface area (Å²) in [6.07, 6.45) is 3.09. The molecule has 0 saturated carbocycles. The maximum atomic E-state index is 12.9. The van der Waals surface area contributed by atoms with Crippen molar-refractivity contribution in [3.63, 3.8) is 0 Å². The van der Waals surface area contributed by atoms with Crippen molar-refractivity contribution >= 4 is 23.4 Å². The van der Waals surface area contributed by atoms with Crippen LogP contribution in [0.5, 0.6) is 5.75 Å². The van der Waals surface area contributed by atoms with E-state index in [0.717, 1.165) is 24.2 Å². The highest BCUT2D eigenvalue weighted by Gasteiger charge is 2.37. The first-order valence-electron chi connectivity index (χ1n) is 9.46. The van der Waals surface area contributed by atoms with Crippen molar-refractivity contribution in [1.29, 1.82) is 0 Å². The molecule has 2 aromatic carbocycles. The van der Waals surface area contributed by atoms with Gasteiger partial charge in [-0.2, -0.15) is 0 Å². The molecule has 1 aliphatic heterocycles. The largest absolute Gasteiger partial charge is 0.497 e. The third-order valence-electron chi connectivity index (χ3n) is 4.84. The van der Waals surface area contributed by atoms with Gasteiger partial charge in [0, 0.05) is 12.1 Å². The molecule has 0 radical (unpaired) electrons. The average molecular weight is 380 g/mol. The molecular formula is C22H24N2O4. The minimum absolute atomic E-state index is 0.108. The van der Waals surface area contributed by atoms with Crippen molar-refractivity contribution < 1.29 is 19.1 Å².